The minimum Gasteiger partial charge on any atom is -0.490 e. The van der Waals surface area contributed by atoms with Gasteiger partial charge in [-0.05, 0) is 69.6 Å². The van der Waals surface area contributed by atoms with Gasteiger partial charge in [0.05, 0.1) is 12.6 Å². The molecular weight excluding hydrogens is 388 g/mol. The van der Waals surface area contributed by atoms with E-state index in [0.29, 0.717) is 18.7 Å². The molecule has 31 heavy (non-hydrogen) atoms. The Morgan fingerprint density at radius 1 is 1.13 bits per heavy atom. The van der Waals surface area contributed by atoms with Crippen LogP contribution in [0, 0.1) is 0 Å². The number of ether oxygens (including phenoxy) is 2. The van der Waals surface area contributed by atoms with Crippen molar-refractivity contribution in [1.29, 1.82) is 0 Å². The molecule has 0 aromatic heterocycles. The molecule has 0 bridgehead atoms. The van der Waals surface area contributed by atoms with Crippen molar-refractivity contribution in [3.05, 3.63) is 29.8 Å². The maximum absolute atomic E-state index is 6.22. The third-order valence-corrected chi connectivity index (χ3v) is 6.27. The fraction of sp³-hybridized carbons (Fsp3) is 0.720. The Morgan fingerprint density at radius 3 is 2.68 bits per heavy atom. The second-order valence-corrected chi connectivity index (χ2v) is 8.83. The van der Waals surface area contributed by atoms with Gasteiger partial charge in [-0.15, -0.1) is 0 Å². The summed E-state index contributed by atoms with van der Waals surface area (Å²) < 4.78 is 11.4. The number of methoxy groups -OCH3 is 1. The number of hydrogen-bond acceptors (Lipinski definition) is 4. The van der Waals surface area contributed by atoms with Crippen LogP contribution in [0.15, 0.2) is 29.3 Å². The van der Waals surface area contributed by atoms with Gasteiger partial charge in [-0.1, -0.05) is 18.6 Å². The summed E-state index contributed by atoms with van der Waals surface area (Å²) in [6.45, 7) is 7.91. The molecule has 1 aromatic rings. The Labute approximate surface area is 188 Å². The van der Waals surface area contributed by atoms with Crippen LogP contribution in [0.4, 0.5) is 0 Å². The van der Waals surface area contributed by atoms with Crippen LogP contribution < -0.4 is 15.4 Å². The average Bonchev–Trinajstić information content (AvgIpc) is 2.80. The van der Waals surface area contributed by atoms with Crippen LogP contribution in [0.2, 0.25) is 0 Å². The monoisotopic (exact) mass is 430 g/mol. The Morgan fingerprint density at radius 2 is 1.94 bits per heavy atom. The molecule has 6 heteroatoms. The first-order valence-corrected chi connectivity index (χ1v) is 12.3. The molecule has 174 valence electrons. The number of guanidine groups is 1. The molecule has 0 atom stereocenters. The van der Waals surface area contributed by atoms with Crippen molar-refractivity contribution in [2.45, 2.75) is 77.0 Å². The number of nitrogens with zero attached hydrogens (tertiary/aromatic N) is 2. The molecule has 1 heterocycles. The number of piperidine rings is 1. The number of likely N-dealkylation sites (tertiary alicyclic amines) is 1. The highest BCUT2D eigenvalue weighted by molar-refractivity contribution is 5.80. The second kappa shape index (κ2) is 13.6. The highest BCUT2D eigenvalue weighted by atomic mass is 16.5. The summed E-state index contributed by atoms with van der Waals surface area (Å²) in [5.74, 6) is 1.90. The fourth-order valence-corrected chi connectivity index (χ4v) is 4.51. The first-order valence-electron chi connectivity index (χ1n) is 12.3. The van der Waals surface area contributed by atoms with Gasteiger partial charge >= 0.3 is 0 Å². The van der Waals surface area contributed by atoms with Gasteiger partial charge in [-0.2, -0.15) is 0 Å². The lowest BCUT2D eigenvalue weighted by Crippen LogP contribution is -2.48. The summed E-state index contributed by atoms with van der Waals surface area (Å²) in [5.41, 5.74) is 1.19. The maximum atomic E-state index is 6.22. The Balaban J connectivity index is 1.47. The molecule has 2 fully saturated rings. The van der Waals surface area contributed by atoms with E-state index in [1.54, 1.807) is 7.11 Å². The predicted octanol–water partition coefficient (Wildman–Crippen LogP) is 3.95. The van der Waals surface area contributed by atoms with Crippen LogP contribution in [-0.2, 0) is 11.3 Å². The van der Waals surface area contributed by atoms with Crippen molar-refractivity contribution in [3.8, 4) is 5.75 Å². The summed E-state index contributed by atoms with van der Waals surface area (Å²) in [7, 11) is 1.78. The number of nitrogens with one attached hydrogen (secondary N) is 2. The number of aliphatic imine (C=N–C) groups is 1. The van der Waals surface area contributed by atoms with Gasteiger partial charge in [0, 0.05) is 45.9 Å². The van der Waals surface area contributed by atoms with E-state index in [4.69, 9.17) is 14.5 Å². The number of benzene rings is 1. The van der Waals surface area contributed by atoms with Gasteiger partial charge < -0.3 is 25.0 Å². The van der Waals surface area contributed by atoms with Crippen molar-refractivity contribution < 1.29 is 9.47 Å². The van der Waals surface area contributed by atoms with Crippen molar-refractivity contribution in [2.75, 3.05) is 39.9 Å². The average molecular weight is 431 g/mol. The minimum atomic E-state index is 0.381. The molecule has 1 aliphatic heterocycles. The number of hydrogen-bond donors (Lipinski definition) is 2. The van der Waals surface area contributed by atoms with Crippen molar-refractivity contribution in [3.63, 3.8) is 0 Å². The molecule has 1 saturated carbocycles. The molecule has 1 saturated heterocycles. The zero-order chi connectivity index (χ0) is 21.7. The Hall–Kier alpha value is -1.79. The molecule has 0 unspecified atom stereocenters. The third kappa shape index (κ3) is 8.69. The molecular formula is C25H42N4O2. The van der Waals surface area contributed by atoms with Crippen LogP contribution in [-0.4, -0.2) is 62.9 Å². The van der Waals surface area contributed by atoms with Crippen molar-refractivity contribution in [1.82, 2.24) is 15.5 Å². The second-order valence-electron chi connectivity index (χ2n) is 8.83. The third-order valence-electron chi connectivity index (χ3n) is 6.27. The highest BCUT2D eigenvalue weighted by Gasteiger charge is 2.19. The van der Waals surface area contributed by atoms with Gasteiger partial charge in [0.15, 0.2) is 5.96 Å². The van der Waals surface area contributed by atoms with Crippen LogP contribution in [0.5, 0.6) is 5.75 Å². The van der Waals surface area contributed by atoms with Gasteiger partial charge in [-0.3, -0.25) is 0 Å². The van der Waals surface area contributed by atoms with E-state index in [0.717, 1.165) is 63.8 Å². The van der Waals surface area contributed by atoms with Gasteiger partial charge in [0.1, 0.15) is 5.75 Å². The molecule has 1 aromatic carbocycles. The van der Waals surface area contributed by atoms with Gasteiger partial charge in [-0.25, -0.2) is 4.99 Å². The zero-order valence-electron chi connectivity index (χ0n) is 19.6. The van der Waals surface area contributed by atoms with E-state index in [1.165, 1.54) is 37.7 Å². The summed E-state index contributed by atoms with van der Waals surface area (Å²) in [6, 6.07) is 8.94. The lowest BCUT2D eigenvalue weighted by atomic mass is 9.98. The summed E-state index contributed by atoms with van der Waals surface area (Å²) >= 11 is 0. The molecule has 6 nitrogen and oxygen atoms in total. The topological polar surface area (TPSA) is 58.1 Å². The molecule has 2 N–H and O–H groups in total. The first-order chi connectivity index (χ1) is 15.3. The molecule has 0 amide bonds. The maximum Gasteiger partial charge on any atom is 0.191 e. The van der Waals surface area contributed by atoms with Gasteiger partial charge in [0.25, 0.3) is 0 Å². The summed E-state index contributed by atoms with van der Waals surface area (Å²) in [4.78, 5) is 7.39. The lowest BCUT2D eigenvalue weighted by molar-refractivity contribution is 0.155. The Bertz CT molecular complexity index is 653. The molecule has 3 rings (SSSR count). The minimum absolute atomic E-state index is 0.381. The highest BCUT2D eigenvalue weighted by Crippen LogP contribution is 2.24. The van der Waals surface area contributed by atoms with E-state index in [2.05, 4.69) is 46.7 Å². The summed E-state index contributed by atoms with van der Waals surface area (Å²) in [5, 5.41) is 7.06. The van der Waals surface area contributed by atoms with E-state index >= 15 is 0 Å². The fourth-order valence-electron chi connectivity index (χ4n) is 4.51. The molecule has 0 radical (unpaired) electrons. The lowest BCUT2D eigenvalue weighted by Gasteiger charge is -2.33. The van der Waals surface area contributed by atoms with E-state index < -0.39 is 0 Å². The van der Waals surface area contributed by atoms with Crippen LogP contribution in [0.3, 0.4) is 0 Å². The normalized spacial score (nSPS) is 19.4. The van der Waals surface area contributed by atoms with E-state index in [-0.39, 0.29) is 0 Å². The van der Waals surface area contributed by atoms with Crippen LogP contribution in [0.25, 0.3) is 0 Å². The smallest absolute Gasteiger partial charge is 0.191 e. The van der Waals surface area contributed by atoms with E-state index in [9.17, 15) is 0 Å². The first kappa shape index (κ1) is 23.9. The zero-order valence-corrected chi connectivity index (χ0v) is 19.6. The van der Waals surface area contributed by atoms with Crippen LogP contribution in [0.1, 0.15) is 63.9 Å². The standard InChI is InChI=1S/C25H42N4O2/c1-3-26-25(28-22-13-16-29(17-14-22)15-8-18-30-2)27-20-21-9-7-12-24(19-21)31-23-10-5-4-6-11-23/h7,9,12,19,22-23H,3-6,8,10-11,13-18,20H2,1-2H3,(H2,26,27,28). The van der Waals surface area contributed by atoms with E-state index in [1.807, 2.05) is 0 Å². The predicted molar refractivity (Wildman–Crippen MR) is 128 cm³/mol. The largest absolute Gasteiger partial charge is 0.490 e. The molecule has 0 spiro atoms. The van der Waals surface area contributed by atoms with Gasteiger partial charge in [0.2, 0.25) is 0 Å². The van der Waals surface area contributed by atoms with Crippen molar-refractivity contribution in [2.24, 2.45) is 4.99 Å². The Kier molecular flexibility index (Phi) is 10.5. The van der Waals surface area contributed by atoms with Crippen LogP contribution >= 0.6 is 0 Å². The molecule has 1 aliphatic carbocycles. The number of rotatable bonds is 10. The summed E-state index contributed by atoms with van der Waals surface area (Å²) in [6.07, 6.45) is 10.1. The van der Waals surface area contributed by atoms with Crippen molar-refractivity contribution >= 4 is 5.96 Å². The molecule has 2 aliphatic rings. The SMILES string of the molecule is CCNC(=NCc1cccc(OC2CCCCC2)c1)NC1CCN(CCCOC)CC1. The quantitative estimate of drug-likeness (QED) is 0.334.